The number of esters is 1. The Morgan fingerprint density at radius 3 is 2.06 bits per heavy atom. The third-order valence-electron chi connectivity index (χ3n) is 3.68. The molecule has 13 heteroatoms. The maximum Gasteiger partial charge on any atom is 0.534 e. The number of carbonyl (C=O) groups is 2. The summed E-state index contributed by atoms with van der Waals surface area (Å²) in [5, 5.41) is 4.41. The lowest BCUT2D eigenvalue weighted by atomic mass is 10.0. The molecule has 0 saturated carbocycles. The minimum atomic E-state index is -5.82. The molecule has 0 atom stereocenters. The van der Waals surface area contributed by atoms with Crippen molar-refractivity contribution in [2.45, 2.75) is 18.9 Å². The summed E-state index contributed by atoms with van der Waals surface area (Å²) in [5.74, 6) is -1.88. The van der Waals surface area contributed by atoms with Gasteiger partial charge in [-0.15, -0.1) is 0 Å². The first-order valence-electron chi connectivity index (χ1n) is 8.82. The highest BCUT2D eigenvalue weighted by atomic mass is 35.5. The van der Waals surface area contributed by atoms with Crippen LogP contribution in [0.25, 0.3) is 0 Å². The van der Waals surface area contributed by atoms with Crippen molar-refractivity contribution in [3.8, 4) is 5.75 Å². The average molecular weight is 493 g/mol. The molecule has 0 spiro atoms. The van der Waals surface area contributed by atoms with E-state index in [1.54, 1.807) is 31.2 Å². The van der Waals surface area contributed by atoms with Crippen molar-refractivity contribution in [3.05, 3.63) is 64.7 Å². The first kappa shape index (κ1) is 25.1. The molecule has 8 nitrogen and oxygen atoms in total. The summed E-state index contributed by atoms with van der Waals surface area (Å²) in [5.41, 5.74) is -2.43. The van der Waals surface area contributed by atoms with Crippen LogP contribution in [0.15, 0.2) is 53.6 Å². The van der Waals surface area contributed by atoms with Crippen molar-refractivity contribution >= 4 is 39.3 Å². The molecule has 0 heterocycles. The van der Waals surface area contributed by atoms with Gasteiger partial charge < -0.3 is 8.92 Å². The molecule has 0 aliphatic rings. The fourth-order valence-corrected chi connectivity index (χ4v) is 2.73. The van der Waals surface area contributed by atoms with Gasteiger partial charge in [0.2, 0.25) is 0 Å². The molecule has 0 aromatic heterocycles. The fourth-order valence-electron chi connectivity index (χ4n) is 2.14. The van der Waals surface area contributed by atoms with Gasteiger partial charge in [-0.05, 0) is 36.4 Å². The number of hydrogen-bond donors (Lipinski definition) is 1. The number of hydrazone groups is 1. The number of carbonyl (C=O) groups excluding carboxylic acids is 2. The van der Waals surface area contributed by atoms with E-state index in [9.17, 15) is 31.2 Å². The van der Waals surface area contributed by atoms with Crippen LogP contribution in [0.3, 0.4) is 0 Å². The van der Waals surface area contributed by atoms with Gasteiger partial charge in [-0.3, -0.25) is 9.59 Å². The SMILES string of the molecule is CCC(=O)OCC(=O)N/N=C(\c1ccc(Cl)cc1)c1ccc(OS(=O)(=O)C(F)(F)F)cc1. The highest BCUT2D eigenvalue weighted by Gasteiger charge is 2.48. The number of nitrogens with zero attached hydrogens (tertiary/aromatic N) is 1. The van der Waals surface area contributed by atoms with Gasteiger partial charge in [-0.2, -0.15) is 26.7 Å². The highest BCUT2D eigenvalue weighted by molar-refractivity contribution is 7.88. The van der Waals surface area contributed by atoms with Crippen LogP contribution in [-0.4, -0.2) is 38.1 Å². The number of hydrogen-bond acceptors (Lipinski definition) is 7. The van der Waals surface area contributed by atoms with Crippen molar-refractivity contribution in [1.82, 2.24) is 5.43 Å². The van der Waals surface area contributed by atoms with Crippen LogP contribution in [0.5, 0.6) is 5.75 Å². The lowest BCUT2D eigenvalue weighted by Gasteiger charge is -2.11. The zero-order valence-corrected chi connectivity index (χ0v) is 17.9. The van der Waals surface area contributed by atoms with Crippen LogP contribution in [0, 0.1) is 0 Å². The highest BCUT2D eigenvalue weighted by Crippen LogP contribution is 2.27. The van der Waals surface area contributed by atoms with Crippen molar-refractivity contribution < 1.29 is 40.1 Å². The molecule has 2 rings (SSSR count). The molecule has 0 saturated heterocycles. The molecular weight excluding hydrogens is 477 g/mol. The Morgan fingerprint density at radius 1 is 1.03 bits per heavy atom. The Kier molecular flexibility index (Phi) is 8.22. The van der Waals surface area contributed by atoms with Gasteiger partial charge in [-0.1, -0.05) is 30.7 Å². The molecular formula is C19H16ClF3N2O6S. The topological polar surface area (TPSA) is 111 Å². The van der Waals surface area contributed by atoms with E-state index >= 15 is 0 Å². The van der Waals surface area contributed by atoms with Crippen LogP contribution in [0.2, 0.25) is 5.02 Å². The van der Waals surface area contributed by atoms with Crippen LogP contribution in [0.4, 0.5) is 13.2 Å². The first-order chi connectivity index (χ1) is 14.9. The summed E-state index contributed by atoms with van der Waals surface area (Å²) in [4.78, 5) is 23.0. The second kappa shape index (κ2) is 10.5. The number of nitrogens with one attached hydrogen (secondary N) is 1. The quantitative estimate of drug-likeness (QED) is 0.199. The van der Waals surface area contributed by atoms with Crippen molar-refractivity contribution in [3.63, 3.8) is 0 Å². The summed E-state index contributed by atoms with van der Waals surface area (Å²) in [6, 6.07) is 10.7. The van der Waals surface area contributed by atoms with E-state index in [-0.39, 0.29) is 12.1 Å². The predicted octanol–water partition coefficient (Wildman–Crippen LogP) is 3.39. The zero-order chi connectivity index (χ0) is 23.9. The largest absolute Gasteiger partial charge is 0.534 e. The maximum atomic E-state index is 12.5. The molecule has 172 valence electrons. The number of benzene rings is 2. The number of ether oxygens (including phenoxy) is 1. The van der Waals surface area contributed by atoms with Crippen molar-refractivity contribution in [1.29, 1.82) is 0 Å². The normalized spacial score (nSPS) is 12.2. The number of rotatable bonds is 8. The van der Waals surface area contributed by atoms with Crippen molar-refractivity contribution in [2.24, 2.45) is 5.10 Å². The third kappa shape index (κ3) is 6.95. The Bertz CT molecular complexity index is 1100. The molecule has 2 aromatic rings. The van der Waals surface area contributed by atoms with E-state index in [0.29, 0.717) is 16.1 Å². The van der Waals surface area contributed by atoms with Gasteiger partial charge in [0.1, 0.15) is 5.75 Å². The molecule has 0 unspecified atom stereocenters. The van der Waals surface area contributed by atoms with Gasteiger partial charge in [0.15, 0.2) is 6.61 Å². The first-order valence-corrected chi connectivity index (χ1v) is 10.6. The molecule has 0 radical (unpaired) electrons. The van der Waals surface area contributed by atoms with Crippen LogP contribution < -0.4 is 9.61 Å². The van der Waals surface area contributed by atoms with E-state index in [1.807, 2.05) is 0 Å². The predicted molar refractivity (Wildman–Crippen MR) is 109 cm³/mol. The molecule has 0 fully saturated rings. The maximum absolute atomic E-state index is 12.5. The van der Waals surface area contributed by atoms with E-state index in [1.165, 1.54) is 12.1 Å². The van der Waals surface area contributed by atoms with Crippen LogP contribution in [0.1, 0.15) is 24.5 Å². The van der Waals surface area contributed by atoms with Gasteiger partial charge in [-0.25, -0.2) is 5.43 Å². The van der Waals surface area contributed by atoms with Gasteiger partial charge in [0, 0.05) is 22.6 Å². The van der Waals surface area contributed by atoms with E-state index < -0.39 is 39.9 Å². The summed E-state index contributed by atoms with van der Waals surface area (Å²) >= 11 is 5.87. The summed E-state index contributed by atoms with van der Waals surface area (Å²) < 4.78 is 68.5. The Hall–Kier alpha value is -3.12. The number of amides is 1. The minimum absolute atomic E-state index is 0.0883. The van der Waals surface area contributed by atoms with E-state index in [0.717, 1.165) is 12.1 Å². The Morgan fingerprint density at radius 2 is 1.56 bits per heavy atom. The summed E-state index contributed by atoms with van der Waals surface area (Å²) in [7, 11) is -5.82. The molecule has 1 amide bonds. The molecule has 1 N–H and O–H groups in total. The Labute approximate surface area is 186 Å². The standard InChI is InChI=1S/C19H16ClF3N2O6S/c1-2-17(27)30-11-16(26)24-25-18(12-3-7-14(20)8-4-12)13-5-9-15(10-6-13)31-32(28,29)19(21,22)23/h3-10H,2,11H2,1H3,(H,24,26)/b25-18+. The lowest BCUT2D eigenvalue weighted by Crippen LogP contribution is -2.28. The summed E-state index contributed by atoms with van der Waals surface area (Å²) in [6.07, 6.45) is 0.0883. The number of alkyl halides is 3. The minimum Gasteiger partial charge on any atom is -0.456 e. The van der Waals surface area contributed by atoms with Crippen LogP contribution >= 0.6 is 11.6 Å². The zero-order valence-electron chi connectivity index (χ0n) is 16.3. The lowest BCUT2D eigenvalue weighted by molar-refractivity contribution is -0.148. The third-order valence-corrected chi connectivity index (χ3v) is 4.91. The smallest absolute Gasteiger partial charge is 0.456 e. The average Bonchev–Trinajstić information content (AvgIpc) is 2.73. The van der Waals surface area contributed by atoms with E-state index in [4.69, 9.17) is 16.3 Å². The van der Waals surface area contributed by atoms with E-state index in [2.05, 4.69) is 14.7 Å². The monoisotopic (exact) mass is 492 g/mol. The molecule has 0 aliphatic carbocycles. The van der Waals surface area contributed by atoms with Crippen LogP contribution in [-0.2, 0) is 24.4 Å². The molecule has 0 bridgehead atoms. The number of halogens is 4. The Balaban J connectivity index is 2.29. The molecule has 0 aliphatic heterocycles. The van der Waals surface area contributed by atoms with Gasteiger partial charge >= 0.3 is 21.6 Å². The van der Waals surface area contributed by atoms with Crippen molar-refractivity contribution in [2.75, 3.05) is 6.61 Å². The van der Waals surface area contributed by atoms with Gasteiger partial charge in [0.25, 0.3) is 5.91 Å². The summed E-state index contributed by atoms with van der Waals surface area (Å²) in [6.45, 7) is 0.997. The molecule has 2 aromatic carbocycles. The fraction of sp³-hybridized carbons (Fsp3) is 0.211. The molecule has 32 heavy (non-hydrogen) atoms. The second-order valence-electron chi connectivity index (χ2n) is 6.02. The van der Waals surface area contributed by atoms with Gasteiger partial charge in [0.05, 0.1) is 5.71 Å². The second-order valence-corrected chi connectivity index (χ2v) is 8.00.